The maximum absolute atomic E-state index is 12.3. The molecule has 1 aromatic heterocycles. The molecule has 0 aromatic carbocycles. The number of nitrogens with one attached hydrogen (secondary N) is 1. The molecule has 0 saturated carbocycles. The molecule has 0 aliphatic carbocycles. The van der Waals surface area contributed by atoms with Gasteiger partial charge in [0, 0.05) is 18.7 Å². The molecule has 2 heterocycles. The first-order chi connectivity index (χ1) is 12.4. The molecule has 0 amide bonds. The molecule has 4 atom stereocenters. The van der Waals surface area contributed by atoms with E-state index in [0.717, 1.165) is 27.0 Å². The number of ether oxygens (including phenoxy) is 2. The average molecular weight is 384 g/mol. The summed E-state index contributed by atoms with van der Waals surface area (Å²) in [7, 11) is 0. The summed E-state index contributed by atoms with van der Waals surface area (Å²) in [4.78, 5) is 61.3. The molecular formula is C16H20N2O9. The van der Waals surface area contributed by atoms with Gasteiger partial charge in [-0.25, -0.2) is 4.79 Å². The van der Waals surface area contributed by atoms with Gasteiger partial charge in [0.2, 0.25) is 5.60 Å². The van der Waals surface area contributed by atoms with Crippen LogP contribution in [0.25, 0.3) is 0 Å². The molecule has 0 radical (unpaired) electrons. The lowest BCUT2D eigenvalue weighted by atomic mass is 9.75. The number of aromatic nitrogens is 2. The Kier molecular flexibility index (Phi) is 5.23. The monoisotopic (exact) mass is 384 g/mol. The molecule has 2 rings (SSSR count). The van der Waals surface area contributed by atoms with Crippen molar-refractivity contribution in [3.8, 4) is 0 Å². The number of carbonyl (C=O) groups is 3. The number of aliphatic hydroxyl groups is 2. The van der Waals surface area contributed by atoms with Crippen LogP contribution in [0.1, 0.15) is 32.6 Å². The second kappa shape index (κ2) is 6.83. The van der Waals surface area contributed by atoms with E-state index in [-0.39, 0.29) is 5.56 Å². The first-order valence-corrected chi connectivity index (χ1v) is 7.95. The fraction of sp³-hybridized carbons (Fsp3) is 0.562. The highest BCUT2D eigenvalue weighted by molar-refractivity contribution is 5.98. The van der Waals surface area contributed by atoms with Crippen molar-refractivity contribution in [1.82, 2.24) is 9.55 Å². The zero-order valence-corrected chi connectivity index (χ0v) is 15.1. The van der Waals surface area contributed by atoms with Crippen LogP contribution in [0, 0.1) is 6.92 Å². The Balaban J connectivity index is 2.71. The van der Waals surface area contributed by atoms with Crippen LogP contribution >= 0.6 is 0 Å². The average Bonchev–Trinajstić information content (AvgIpc) is 2.79. The van der Waals surface area contributed by atoms with E-state index in [1.54, 1.807) is 0 Å². The van der Waals surface area contributed by atoms with Crippen molar-refractivity contribution in [1.29, 1.82) is 0 Å². The number of H-pyrrole nitrogens is 1. The minimum Gasteiger partial charge on any atom is -0.463 e. The first-order valence-electron chi connectivity index (χ1n) is 7.95. The van der Waals surface area contributed by atoms with Gasteiger partial charge < -0.3 is 19.7 Å². The number of ketones is 2. The Bertz CT molecular complexity index is 917. The van der Waals surface area contributed by atoms with E-state index in [0.29, 0.717) is 4.57 Å². The van der Waals surface area contributed by atoms with Crippen LogP contribution in [0.15, 0.2) is 15.8 Å². The Morgan fingerprint density at radius 1 is 1.19 bits per heavy atom. The molecule has 1 aliphatic heterocycles. The van der Waals surface area contributed by atoms with Gasteiger partial charge in [-0.3, -0.25) is 28.7 Å². The van der Waals surface area contributed by atoms with Crippen molar-refractivity contribution in [3.05, 3.63) is 32.6 Å². The third-order valence-corrected chi connectivity index (χ3v) is 4.61. The quantitative estimate of drug-likeness (QED) is 0.484. The highest BCUT2D eigenvalue weighted by Crippen LogP contribution is 2.46. The van der Waals surface area contributed by atoms with Crippen molar-refractivity contribution < 1.29 is 34.1 Å². The second-order valence-corrected chi connectivity index (χ2v) is 6.40. The largest absolute Gasteiger partial charge is 0.463 e. The number of rotatable bonds is 5. The van der Waals surface area contributed by atoms with Gasteiger partial charge in [-0.1, -0.05) is 0 Å². The van der Waals surface area contributed by atoms with Crippen molar-refractivity contribution >= 4 is 17.5 Å². The van der Waals surface area contributed by atoms with E-state index < -0.39 is 58.9 Å². The number of carbonyl (C=O) groups excluding carboxylic acids is 3. The molecule has 27 heavy (non-hydrogen) atoms. The molecule has 0 bridgehead atoms. The van der Waals surface area contributed by atoms with Gasteiger partial charge in [-0.2, -0.15) is 0 Å². The van der Waals surface area contributed by atoms with E-state index >= 15 is 0 Å². The van der Waals surface area contributed by atoms with Crippen LogP contribution in [0.3, 0.4) is 0 Å². The fourth-order valence-corrected chi connectivity index (χ4v) is 3.10. The summed E-state index contributed by atoms with van der Waals surface area (Å²) in [5.74, 6) is -2.85. The number of Topliss-reactive ketones (excluding diaryl/α,β-unsaturated/α-hetero) is 2. The lowest BCUT2D eigenvalue weighted by Gasteiger charge is -2.37. The molecule has 3 N–H and O–H groups in total. The topological polar surface area (TPSA) is 165 Å². The Labute approximate surface area is 152 Å². The number of hydrogen-bond donors (Lipinski definition) is 3. The van der Waals surface area contributed by atoms with Gasteiger partial charge in [0.25, 0.3) is 5.56 Å². The molecule has 11 nitrogen and oxygen atoms in total. The van der Waals surface area contributed by atoms with Gasteiger partial charge in [-0.05, 0) is 20.8 Å². The number of hydrogen-bond acceptors (Lipinski definition) is 9. The summed E-state index contributed by atoms with van der Waals surface area (Å²) >= 11 is 0. The standard InChI is InChI=1S/C16H20N2O9/c1-7-5-18(14(23)17-12(7)22)13-16(25,9(3)20)15(24,8(2)19)11(27-13)6-26-10(4)21/h5,11,13,24-25H,6H2,1-4H3,(H,17,22,23)/t11-,13-,15-,16+/m1/s1. The predicted octanol–water partition coefficient (Wildman–Crippen LogP) is -2.05. The van der Waals surface area contributed by atoms with Crippen molar-refractivity contribution in [2.45, 2.75) is 51.2 Å². The zero-order valence-electron chi connectivity index (χ0n) is 15.1. The molecule has 1 fully saturated rings. The SMILES string of the molecule is CC(=O)OC[C@H]1O[C@@H](n2cc(C)c(=O)[nH]c2=O)[C@@](O)(C(C)=O)[C@@]1(O)C(C)=O. The lowest BCUT2D eigenvalue weighted by molar-refractivity contribution is -0.182. The van der Waals surface area contributed by atoms with E-state index in [2.05, 4.69) is 0 Å². The van der Waals surface area contributed by atoms with Crippen LogP contribution in [-0.2, 0) is 23.9 Å². The van der Waals surface area contributed by atoms with Gasteiger partial charge in [0.05, 0.1) is 0 Å². The highest BCUT2D eigenvalue weighted by Gasteiger charge is 2.72. The molecule has 1 saturated heterocycles. The molecule has 0 spiro atoms. The third-order valence-electron chi connectivity index (χ3n) is 4.61. The van der Waals surface area contributed by atoms with Gasteiger partial charge >= 0.3 is 11.7 Å². The molecular weight excluding hydrogens is 364 g/mol. The van der Waals surface area contributed by atoms with E-state index in [1.807, 2.05) is 4.98 Å². The molecule has 11 heteroatoms. The summed E-state index contributed by atoms with van der Waals surface area (Å²) < 4.78 is 10.9. The van der Waals surface area contributed by atoms with Crippen molar-refractivity contribution in [2.75, 3.05) is 6.61 Å². The molecule has 148 valence electrons. The first kappa shape index (κ1) is 20.7. The molecule has 1 aromatic rings. The molecule has 1 aliphatic rings. The normalized spacial score (nSPS) is 30.1. The van der Waals surface area contributed by atoms with Gasteiger partial charge in [0.1, 0.15) is 12.7 Å². The second-order valence-electron chi connectivity index (χ2n) is 6.40. The summed E-state index contributed by atoms with van der Waals surface area (Å²) in [5.41, 5.74) is -7.35. The Hall–Kier alpha value is -2.63. The van der Waals surface area contributed by atoms with Crippen LogP contribution in [0.5, 0.6) is 0 Å². The van der Waals surface area contributed by atoms with Gasteiger partial charge in [0.15, 0.2) is 23.4 Å². The summed E-state index contributed by atoms with van der Waals surface area (Å²) in [6, 6.07) is 0. The minimum absolute atomic E-state index is 0.0545. The maximum Gasteiger partial charge on any atom is 0.330 e. The third kappa shape index (κ3) is 3.03. The minimum atomic E-state index is -2.88. The fourth-order valence-electron chi connectivity index (χ4n) is 3.10. The summed E-state index contributed by atoms with van der Waals surface area (Å²) in [6.45, 7) is 3.61. The number of esters is 1. The van der Waals surface area contributed by atoms with Crippen molar-refractivity contribution in [2.24, 2.45) is 0 Å². The van der Waals surface area contributed by atoms with Crippen molar-refractivity contribution in [3.63, 3.8) is 0 Å². The maximum atomic E-state index is 12.3. The van der Waals surface area contributed by atoms with Crippen LogP contribution in [-0.4, -0.2) is 61.2 Å². The number of aromatic amines is 1. The van der Waals surface area contributed by atoms with Gasteiger partial charge in [-0.15, -0.1) is 0 Å². The van der Waals surface area contributed by atoms with Crippen LogP contribution in [0.4, 0.5) is 0 Å². The highest BCUT2D eigenvalue weighted by atomic mass is 16.6. The van der Waals surface area contributed by atoms with Crippen LogP contribution in [0.2, 0.25) is 0 Å². The number of aryl methyl sites for hydroxylation is 1. The lowest BCUT2D eigenvalue weighted by Crippen LogP contribution is -2.66. The predicted molar refractivity (Wildman–Crippen MR) is 87.9 cm³/mol. The van der Waals surface area contributed by atoms with Crippen LogP contribution < -0.4 is 11.2 Å². The zero-order chi connectivity index (χ0) is 20.7. The number of nitrogens with zero attached hydrogens (tertiary/aromatic N) is 1. The smallest absolute Gasteiger partial charge is 0.330 e. The Morgan fingerprint density at radius 3 is 2.22 bits per heavy atom. The van der Waals surface area contributed by atoms with E-state index in [1.165, 1.54) is 6.92 Å². The summed E-state index contributed by atoms with van der Waals surface area (Å²) in [6.07, 6.45) is -2.47. The molecule has 0 unspecified atom stereocenters. The summed E-state index contributed by atoms with van der Waals surface area (Å²) in [5, 5.41) is 22.0. The Morgan fingerprint density at radius 2 is 1.74 bits per heavy atom. The van der Waals surface area contributed by atoms with E-state index in [4.69, 9.17) is 9.47 Å². The van der Waals surface area contributed by atoms with E-state index in [9.17, 15) is 34.2 Å².